The third-order valence-electron chi connectivity index (χ3n) is 3.05. The molecule has 4 heteroatoms. The van der Waals surface area contributed by atoms with Gasteiger partial charge in [-0.25, -0.2) is 0 Å². The second-order valence-electron chi connectivity index (χ2n) is 4.65. The van der Waals surface area contributed by atoms with Crippen molar-refractivity contribution >= 4 is 5.91 Å². The fraction of sp³-hybridized carbons (Fsp3) is 0.500. The van der Waals surface area contributed by atoms with Gasteiger partial charge in [0.2, 0.25) is 0 Å². The smallest absolute Gasteiger partial charge is 0.251 e. The highest BCUT2D eigenvalue weighted by molar-refractivity contribution is 5.94. The van der Waals surface area contributed by atoms with Gasteiger partial charge in [-0.3, -0.25) is 9.69 Å². The Morgan fingerprint density at radius 3 is 2.67 bits per heavy atom. The molecule has 0 bridgehead atoms. The Morgan fingerprint density at radius 2 is 2.00 bits per heavy atom. The molecule has 1 fully saturated rings. The number of hydrogen-bond donors (Lipinski definition) is 1. The standard InChI is InChI=1S/C14H20N2O2/c1-12(11-16-7-9-18-10-8-16)15-14(17)13-5-3-2-4-6-13/h2-6,12H,7-11H2,1H3,(H,15,17). The molecule has 4 nitrogen and oxygen atoms in total. The van der Waals surface area contributed by atoms with Crippen LogP contribution in [0.2, 0.25) is 0 Å². The molecule has 1 aliphatic rings. The van der Waals surface area contributed by atoms with Crippen LogP contribution in [0.4, 0.5) is 0 Å². The van der Waals surface area contributed by atoms with Crippen molar-refractivity contribution in [1.29, 1.82) is 0 Å². The molecule has 1 aromatic rings. The van der Waals surface area contributed by atoms with Crippen LogP contribution in [0.25, 0.3) is 0 Å². The Bertz CT molecular complexity index is 375. The fourth-order valence-corrected chi connectivity index (χ4v) is 2.11. The largest absolute Gasteiger partial charge is 0.379 e. The fourth-order valence-electron chi connectivity index (χ4n) is 2.11. The van der Waals surface area contributed by atoms with E-state index in [4.69, 9.17) is 4.74 Å². The minimum atomic E-state index is -0.00337. The molecule has 1 N–H and O–H groups in total. The third kappa shape index (κ3) is 3.82. The van der Waals surface area contributed by atoms with Crippen molar-refractivity contribution in [2.45, 2.75) is 13.0 Å². The average molecular weight is 248 g/mol. The topological polar surface area (TPSA) is 41.6 Å². The van der Waals surface area contributed by atoms with Crippen LogP contribution in [-0.4, -0.2) is 49.7 Å². The monoisotopic (exact) mass is 248 g/mol. The van der Waals surface area contributed by atoms with Crippen molar-refractivity contribution in [3.8, 4) is 0 Å². The first-order valence-electron chi connectivity index (χ1n) is 6.42. The van der Waals surface area contributed by atoms with Gasteiger partial charge in [-0.1, -0.05) is 18.2 Å². The van der Waals surface area contributed by atoms with Gasteiger partial charge in [0.15, 0.2) is 0 Å². The molecule has 1 aromatic carbocycles. The molecule has 98 valence electrons. The van der Waals surface area contributed by atoms with E-state index < -0.39 is 0 Å². The van der Waals surface area contributed by atoms with E-state index >= 15 is 0 Å². The predicted molar refractivity (Wildman–Crippen MR) is 70.6 cm³/mol. The summed E-state index contributed by atoms with van der Waals surface area (Å²) in [5.41, 5.74) is 0.714. The van der Waals surface area contributed by atoms with Crippen molar-refractivity contribution < 1.29 is 9.53 Å². The second kappa shape index (κ2) is 6.52. The van der Waals surface area contributed by atoms with E-state index in [1.54, 1.807) is 0 Å². The summed E-state index contributed by atoms with van der Waals surface area (Å²) >= 11 is 0. The van der Waals surface area contributed by atoms with Gasteiger partial charge in [-0.05, 0) is 19.1 Å². The highest BCUT2D eigenvalue weighted by atomic mass is 16.5. The lowest BCUT2D eigenvalue weighted by molar-refractivity contribution is 0.0342. The first kappa shape index (κ1) is 13.1. The van der Waals surface area contributed by atoms with Crippen LogP contribution in [-0.2, 0) is 4.74 Å². The van der Waals surface area contributed by atoms with Gasteiger partial charge in [0, 0.05) is 31.2 Å². The third-order valence-corrected chi connectivity index (χ3v) is 3.05. The highest BCUT2D eigenvalue weighted by Gasteiger charge is 2.15. The van der Waals surface area contributed by atoms with Crippen molar-refractivity contribution in [2.24, 2.45) is 0 Å². The molecule has 0 aromatic heterocycles. The number of carbonyl (C=O) groups is 1. The summed E-state index contributed by atoms with van der Waals surface area (Å²) in [4.78, 5) is 14.3. The normalized spacial score (nSPS) is 18.3. The van der Waals surface area contributed by atoms with E-state index in [1.165, 1.54) is 0 Å². The first-order valence-corrected chi connectivity index (χ1v) is 6.42. The number of ether oxygens (including phenoxy) is 1. The predicted octanol–water partition coefficient (Wildman–Crippen LogP) is 1.14. The van der Waals surface area contributed by atoms with Crippen LogP contribution in [0, 0.1) is 0 Å². The van der Waals surface area contributed by atoms with Crippen molar-refractivity contribution in [1.82, 2.24) is 10.2 Å². The number of rotatable bonds is 4. The summed E-state index contributed by atoms with van der Waals surface area (Å²) in [5.74, 6) is -0.00337. The molecule has 1 saturated heterocycles. The number of hydrogen-bond acceptors (Lipinski definition) is 3. The Hall–Kier alpha value is -1.39. The average Bonchev–Trinajstić information content (AvgIpc) is 2.40. The zero-order valence-corrected chi connectivity index (χ0v) is 10.8. The van der Waals surface area contributed by atoms with E-state index in [0.717, 1.165) is 32.8 Å². The molecular weight excluding hydrogens is 228 g/mol. The molecular formula is C14H20N2O2. The van der Waals surface area contributed by atoms with Gasteiger partial charge >= 0.3 is 0 Å². The number of nitrogens with zero attached hydrogens (tertiary/aromatic N) is 1. The van der Waals surface area contributed by atoms with Crippen LogP contribution < -0.4 is 5.32 Å². The van der Waals surface area contributed by atoms with E-state index in [9.17, 15) is 4.79 Å². The summed E-state index contributed by atoms with van der Waals surface area (Å²) in [6, 6.07) is 9.47. The van der Waals surface area contributed by atoms with Gasteiger partial charge in [-0.15, -0.1) is 0 Å². The van der Waals surface area contributed by atoms with Gasteiger partial charge in [0.25, 0.3) is 5.91 Å². The Morgan fingerprint density at radius 1 is 1.33 bits per heavy atom. The maximum Gasteiger partial charge on any atom is 0.251 e. The molecule has 1 atom stereocenters. The van der Waals surface area contributed by atoms with Crippen LogP contribution in [0.5, 0.6) is 0 Å². The van der Waals surface area contributed by atoms with Crippen molar-refractivity contribution in [3.63, 3.8) is 0 Å². The molecule has 2 rings (SSSR count). The van der Waals surface area contributed by atoms with E-state index in [0.29, 0.717) is 5.56 Å². The van der Waals surface area contributed by atoms with E-state index in [2.05, 4.69) is 10.2 Å². The van der Waals surface area contributed by atoms with E-state index in [1.807, 2.05) is 37.3 Å². The number of nitrogens with one attached hydrogen (secondary N) is 1. The summed E-state index contributed by atoms with van der Waals surface area (Å²) in [7, 11) is 0. The lowest BCUT2D eigenvalue weighted by Crippen LogP contribution is -2.46. The molecule has 0 spiro atoms. The Balaban J connectivity index is 1.80. The molecule has 0 aliphatic carbocycles. The minimum absolute atomic E-state index is 0.00337. The lowest BCUT2D eigenvalue weighted by Gasteiger charge is -2.29. The molecule has 0 saturated carbocycles. The van der Waals surface area contributed by atoms with Gasteiger partial charge < -0.3 is 10.1 Å². The zero-order chi connectivity index (χ0) is 12.8. The van der Waals surface area contributed by atoms with Crippen LogP contribution in [0.1, 0.15) is 17.3 Å². The highest BCUT2D eigenvalue weighted by Crippen LogP contribution is 2.01. The summed E-state index contributed by atoms with van der Waals surface area (Å²) < 4.78 is 5.30. The molecule has 1 heterocycles. The van der Waals surface area contributed by atoms with Gasteiger partial charge in [0.1, 0.15) is 0 Å². The second-order valence-corrected chi connectivity index (χ2v) is 4.65. The Kier molecular flexibility index (Phi) is 4.73. The number of carbonyl (C=O) groups excluding carboxylic acids is 1. The number of amides is 1. The van der Waals surface area contributed by atoms with Crippen molar-refractivity contribution in [2.75, 3.05) is 32.8 Å². The maximum atomic E-state index is 11.9. The van der Waals surface area contributed by atoms with Crippen LogP contribution in [0.15, 0.2) is 30.3 Å². The molecule has 1 amide bonds. The Labute approximate surface area is 108 Å². The molecule has 18 heavy (non-hydrogen) atoms. The van der Waals surface area contributed by atoms with E-state index in [-0.39, 0.29) is 11.9 Å². The summed E-state index contributed by atoms with van der Waals surface area (Å²) in [6.45, 7) is 6.40. The lowest BCUT2D eigenvalue weighted by atomic mass is 10.2. The van der Waals surface area contributed by atoms with Gasteiger partial charge in [-0.2, -0.15) is 0 Å². The van der Waals surface area contributed by atoms with Gasteiger partial charge in [0.05, 0.1) is 13.2 Å². The SMILES string of the molecule is CC(CN1CCOCC1)NC(=O)c1ccccc1. The van der Waals surface area contributed by atoms with Crippen molar-refractivity contribution in [3.05, 3.63) is 35.9 Å². The summed E-state index contributed by atoms with van der Waals surface area (Å²) in [6.07, 6.45) is 0. The maximum absolute atomic E-state index is 11.9. The van der Waals surface area contributed by atoms with Crippen LogP contribution in [0.3, 0.4) is 0 Å². The first-order chi connectivity index (χ1) is 8.75. The zero-order valence-electron chi connectivity index (χ0n) is 10.8. The van der Waals surface area contributed by atoms with Crippen LogP contribution >= 0.6 is 0 Å². The molecule has 1 unspecified atom stereocenters. The summed E-state index contributed by atoms with van der Waals surface area (Å²) in [5, 5.41) is 3.02. The minimum Gasteiger partial charge on any atom is -0.379 e. The quantitative estimate of drug-likeness (QED) is 0.868. The molecule has 0 radical (unpaired) electrons. The number of morpholine rings is 1. The molecule has 1 aliphatic heterocycles. The number of benzene rings is 1.